The molecule has 3 heterocycles. The predicted molar refractivity (Wildman–Crippen MR) is 104 cm³/mol. The minimum Gasteiger partial charge on any atom is -0.291 e. The number of rotatable bonds is 2. The van der Waals surface area contributed by atoms with E-state index in [1.807, 2.05) is 0 Å². The van der Waals surface area contributed by atoms with Crippen molar-refractivity contribution in [1.29, 1.82) is 0 Å². The monoisotopic (exact) mass is 400 g/mol. The van der Waals surface area contributed by atoms with E-state index in [1.54, 1.807) is 22.2 Å². The Labute approximate surface area is 164 Å². The van der Waals surface area contributed by atoms with Crippen LogP contribution < -0.4 is 5.69 Å². The quantitative estimate of drug-likeness (QED) is 0.480. The number of hydrogen-bond donors (Lipinski definition) is 0. The van der Waals surface area contributed by atoms with Gasteiger partial charge in [-0.1, -0.05) is 30.9 Å². The first-order valence-electron chi connectivity index (χ1n) is 9.32. The highest BCUT2D eigenvalue weighted by atomic mass is 35.5. The summed E-state index contributed by atoms with van der Waals surface area (Å²) in [5, 5.41) is 0.187. The Morgan fingerprint density at radius 1 is 1.18 bits per heavy atom. The van der Waals surface area contributed by atoms with E-state index >= 15 is 0 Å². The standard InChI is InChI=1S/C19H18ClFN6O/c1-25-15-16(20)23-18(26-10-22-13-8-7-11(21)9-14(13)26)24-17(15)27(19(25)28)12-5-3-2-4-6-12/h7-10,12H,2-6H2,1H3. The Morgan fingerprint density at radius 3 is 2.75 bits per heavy atom. The van der Waals surface area contributed by atoms with Crippen LogP contribution in [0.3, 0.4) is 0 Å². The van der Waals surface area contributed by atoms with Crippen LogP contribution in [0.15, 0.2) is 29.3 Å². The van der Waals surface area contributed by atoms with Gasteiger partial charge in [0.25, 0.3) is 0 Å². The number of imidazole rings is 2. The van der Waals surface area contributed by atoms with Gasteiger partial charge in [0.2, 0.25) is 5.95 Å². The SMILES string of the molecule is Cn1c(=O)n(C2CCCCC2)c2nc(-n3cnc4ccc(F)cc43)nc(Cl)c21. The first-order valence-corrected chi connectivity index (χ1v) is 9.70. The first kappa shape index (κ1) is 17.4. The van der Waals surface area contributed by atoms with Crippen molar-refractivity contribution in [3.63, 3.8) is 0 Å². The minimum atomic E-state index is -0.375. The lowest BCUT2D eigenvalue weighted by Crippen LogP contribution is -2.27. The Bertz CT molecular complexity index is 1270. The van der Waals surface area contributed by atoms with Gasteiger partial charge in [0.1, 0.15) is 17.7 Å². The Kier molecular flexibility index (Phi) is 3.97. The van der Waals surface area contributed by atoms with Crippen LogP contribution in [0.2, 0.25) is 5.15 Å². The molecule has 1 saturated carbocycles. The molecule has 1 aliphatic rings. The summed E-state index contributed by atoms with van der Waals surface area (Å²) in [5.74, 6) is -0.110. The molecule has 0 bridgehead atoms. The van der Waals surface area contributed by atoms with Gasteiger partial charge >= 0.3 is 5.69 Å². The highest BCUT2D eigenvalue weighted by Gasteiger charge is 2.25. The number of benzene rings is 1. The predicted octanol–water partition coefficient (Wildman–Crippen LogP) is 3.77. The van der Waals surface area contributed by atoms with Crippen molar-refractivity contribution in [3.8, 4) is 5.95 Å². The number of aryl methyl sites for hydroxylation is 1. The summed E-state index contributed by atoms with van der Waals surface area (Å²) in [6.07, 6.45) is 6.77. The summed E-state index contributed by atoms with van der Waals surface area (Å²) in [5.41, 5.74) is 2.04. The average Bonchev–Trinajstić information content (AvgIpc) is 3.21. The summed E-state index contributed by atoms with van der Waals surface area (Å²) >= 11 is 6.46. The maximum absolute atomic E-state index is 13.7. The third kappa shape index (κ3) is 2.55. The van der Waals surface area contributed by atoms with Gasteiger partial charge in [-0.15, -0.1) is 0 Å². The second-order valence-corrected chi connectivity index (χ2v) is 7.60. The van der Waals surface area contributed by atoms with Gasteiger partial charge in [-0.05, 0) is 25.0 Å². The summed E-state index contributed by atoms with van der Waals surface area (Å²) in [6, 6.07) is 4.43. The fourth-order valence-corrected chi connectivity index (χ4v) is 4.41. The van der Waals surface area contributed by atoms with E-state index in [0.717, 1.165) is 25.7 Å². The van der Waals surface area contributed by atoms with Crippen LogP contribution in [0.5, 0.6) is 0 Å². The summed E-state index contributed by atoms with van der Waals surface area (Å²) < 4.78 is 18.6. The van der Waals surface area contributed by atoms with Gasteiger partial charge in [-0.25, -0.2) is 14.2 Å². The normalized spacial score (nSPS) is 15.7. The van der Waals surface area contributed by atoms with Crippen LogP contribution in [-0.4, -0.2) is 28.7 Å². The number of hydrogen-bond acceptors (Lipinski definition) is 4. The van der Waals surface area contributed by atoms with Crippen LogP contribution in [-0.2, 0) is 7.05 Å². The molecule has 0 N–H and O–H groups in total. The van der Waals surface area contributed by atoms with Crippen molar-refractivity contribution in [1.82, 2.24) is 28.7 Å². The smallest absolute Gasteiger partial charge is 0.291 e. The zero-order valence-electron chi connectivity index (χ0n) is 15.3. The summed E-state index contributed by atoms with van der Waals surface area (Å²) in [4.78, 5) is 26.2. The van der Waals surface area contributed by atoms with E-state index in [9.17, 15) is 9.18 Å². The molecule has 5 rings (SSSR count). The molecule has 1 aromatic carbocycles. The molecule has 144 valence electrons. The third-order valence-electron chi connectivity index (χ3n) is 5.53. The minimum absolute atomic E-state index is 0.0979. The molecule has 0 atom stereocenters. The summed E-state index contributed by atoms with van der Waals surface area (Å²) in [7, 11) is 1.68. The molecule has 0 saturated heterocycles. The Balaban J connectivity index is 1.77. The lowest BCUT2D eigenvalue weighted by atomic mass is 9.95. The van der Waals surface area contributed by atoms with Crippen molar-refractivity contribution < 1.29 is 4.39 Å². The molecule has 4 aromatic rings. The van der Waals surface area contributed by atoms with Gasteiger partial charge in [0.15, 0.2) is 10.8 Å². The van der Waals surface area contributed by atoms with Gasteiger partial charge < -0.3 is 0 Å². The molecule has 0 unspecified atom stereocenters. The number of halogens is 2. The second kappa shape index (κ2) is 6.41. The molecule has 0 amide bonds. The van der Waals surface area contributed by atoms with Gasteiger partial charge in [-0.2, -0.15) is 9.97 Å². The molecular weight excluding hydrogens is 383 g/mol. The van der Waals surface area contributed by atoms with E-state index < -0.39 is 0 Å². The highest BCUT2D eigenvalue weighted by molar-refractivity contribution is 6.33. The van der Waals surface area contributed by atoms with Crippen LogP contribution in [0.25, 0.3) is 28.1 Å². The average molecular weight is 401 g/mol. The maximum Gasteiger partial charge on any atom is 0.330 e. The second-order valence-electron chi connectivity index (χ2n) is 7.24. The molecule has 28 heavy (non-hydrogen) atoms. The van der Waals surface area contributed by atoms with Gasteiger partial charge in [0, 0.05) is 19.2 Å². The van der Waals surface area contributed by atoms with Crippen LogP contribution in [0.1, 0.15) is 38.1 Å². The third-order valence-corrected chi connectivity index (χ3v) is 5.80. The molecular formula is C19H18ClFN6O. The highest BCUT2D eigenvalue weighted by Crippen LogP contribution is 2.31. The van der Waals surface area contributed by atoms with E-state index in [1.165, 1.54) is 29.4 Å². The van der Waals surface area contributed by atoms with Gasteiger partial charge in [-0.3, -0.25) is 13.7 Å². The molecule has 1 aliphatic carbocycles. The van der Waals surface area contributed by atoms with Crippen LogP contribution in [0, 0.1) is 5.82 Å². The molecule has 3 aromatic heterocycles. The summed E-state index contributed by atoms with van der Waals surface area (Å²) in [6.45, 7) is 0. The number of fused-ring (bicyclic) bond motifs is 2. The van der Waals surface area contributed by atoms with Crippen LogP contribution >= 0.6 is 11.6 Å². The Hall–Kier alpha value is -2.74. The van der Waals surface area contributed by atoms with Gasteiger partial charge in [0.05, 0.1) is 11.0 Å². The molecule has 0 radical (unpaired) electrons. The van der Waals surface area contributed by atoms with Crippen molar-refractivity contribution >= 4 is 33.8 Å². The largest absolute Gasteiger partial charge is 0.330 e. The molecule has 0 spiro atoms. The number of nitrogens with zero attached hydrogens (tertiary/aromatic N) is 6. The topological polar surface area (TPSA) is 70.5 Å². The van der Waals surface area contributed by atoms with Crippen molar-refractivity contribution in [2.75, 3.05) is 0 Å². The van der Waals surface area contributed by atoms with E-state index in [4.69, 9.17) is 11.6 Å². The van der Waals surface area contributed by atoms with E-state index in [2.05, 4.69) is 15.0 Å². The number of aromatic nitrogens is 6. The maximum atomic E-state index is 13.7. The van der Waals surface area contributed by atoms with Crippen molar-refractivity contribution in [2.24, 2.45) is 7.05 Å². The van der Waals surface area contributed by atoms with E-state index in [-0.39, 0.29) is 28.7 Å². The lowest BCUT2D eigenvalue weighted by Gasteiger charge is -2.22. The fourth-order valence-electron chi connectivity index (χ4n) is 4.13. The molecule has 0 aliphatic heterocycles. The zero-order chi connectivity index (χ0) is 19.4. The van der Waals surface area contributed by atoms with Crippen molar-refractivity contribution in [2.45, 2.75) is 38.1 Å². The van der Waals surface area contributed by atoms with Crippen LogP contribution in [0.4, 0.5) is 4.39 Å². The lowest BCUT2D eigenvalue weighted by molar-refractivity contribution is 0.350. The first-order chi connectivity index (χ1) is 13.5. The van der Waals surface area contributed by atoms with E-state index in [0.29, 0.717) is 22.2 Å². The Morgan fingerprint density at radius 2 is 1.96 bits per heavy atom. The fraction of sp³-hybridized carbons (Fsp3) is 0.368. The molecule has 1 fully saturated rings. The molecule has 7 nitrogen and oxygen atoms in total. The zero-order valence-corrected chi connectivity index (χ0v) is 16.0. The molecule has 9 heteroatoms. The van der Waals surface area contributed by atoms with Crippen molar-refractivity contribution in [3.05, 3.63) is 46.0 Å².